The van der Waals surface area contributed by atoms with Crippen molar-refractivity contribution in [3.05, 3.63) is 35.5 Å². The number of rotatable bonds is 39. The number of aliphatic hydroxyl groups excluding tert-OH is 1. The molecule has 8 amide bonds. The summed E-state index contributed by atoms with van der Waals surface area (Å²) in [5.74, 6) is -7.46. The van der Waals surface area contributed by atoms with E-state index in [-0.39, 0.29) is 96.5 Å². The second-order valence-corrected chi connectivity index (χ2v) is 18.9. The van der Waals surface area contributed by atoms with Gasteiger partial charge >= 0.3 is 5.97 Å². The van der Waals surface area contributed by atoms with Gasteiger partial charge in [-0.2, -0.15) is 0 Å². The van der Waals surface area contributed by atoms with E-state index in [0.717, 1.165) is 0 Å². The Bertz CT molecular complexity index is 2250. The maximum atomic E-state index is 14.4. The number of ether oxygens (including phenoxy) is 2. The Morgan fingerprint density at radius 3 is 1.91 bits per heavy atom. The maximum absolute atomic E-state index is 14.4. The number of guanidine groups is 1. The number of nitrogens with two attached hydrogens (primary N) is 8. The van der Waals surface area contributed by atoms with Gasteiger partial charge < -0.3 is 108 Å². The number of hydrogen-bond donors (Lipinski definition) is 17. The number of methoxy groups -OCH3 is 2. The van der Waals surface area contributed by atoms with E-state index in [1.165, 1.54) is 25.2 Å². The van der Waals surface area contributed by atoms with Crippen LogP contribution in [0.4, 0.5) is 0 Å². The fourth-order valence-electron chi connectivity index (χ4n) is 8.41. The Kier molecular flexibility index (Phi) is 32.4. The molecule has 8 atom stereocenters. The summed E-state index contributed by atoms with van der Waals surface area (Å²) in [4.78, 5) is 128. The smallest absolute Gasteiger partial charge is 0.352 e. The van der Waals surface area contributed by atoms with E-state index in [1.54, 1.807) is 18.2 Å². The van der Waals surface area contributed by atoms with Crippen molar-refractivity contribution in [2.75, 3.05) is 66.6 Å². The number of hydrogen-bond acceptors (Lipinski definition) is 19. The van der Waals surface area contributed by atoms with Crippen LogP contribution >= 0.6 is 0 Å². The van der Waals surface area contributed by atoms with Gasteiger partial charge in [-0.15, -0.1) is 0 Å². The third-order valence-electron chi connectivity index (χ3n) is 12.8. The van der Waals surface area contributed by atoms with Crippen LogP contribution in [0.5, 0.6) is 11.5 Å². The molecule has 1 unspecified atom stereocenters. The number of aliphatic hydroxyl groups is 1. The molecule has 1 aliphatic heterocycles. The Balaban J connectivity index is 2.38. The van der Waals surface area contributed by atoms with Gasteiger partial charge in [0.15, 0.2) is 17.5 Å². The molecule has 2 rings (SSSR count). The first-order valence-electron chi connectivity index (χ1n) is 26.7. The summed E-state index contributed by atoms with van der Waals surface area (Å²) in [6, 6.07) is -4.24. The van der Waals surface area contributed by atoms with Crippen molar-refractivity contribution in [3.8, 4) is 11.5 Å². The van der Waals surface area contributed by atoms with Gasteiger partial charge in [0.05, 0.1) is 32.9 Å². The van der Waals surface area contributed by atoms with Crippen molar-refractivity contribution in [2.45, 2.75) is 138 Å². The van der Waals surface area contributed by atoms with Crippen LogP contribution in [0.25, 0.3) is 0 Å². The van der Waals surface area contributed by atoms with Gasteiger partial charge in [0.25, 0.3) is 0 Å². The van der Waals surface area contributed by atoms with Crippen molar-refractivity contribution in [3.63, 3.8) is 0 Å². The van der Waals surface area contributed by atoms with Crippen LogP contribution in [-0.4, -0.2) is 189 Å². The number of carboxylic acids is 1. The lowest BCUT2D eigenvalue weighted by molar-refractivity contribution is -0.142. The normalized spacial score (nSPS) is 15.8. The SMILES string of the molecule is COc1ccc(CC(NC(=O)[C@@H]2CCCN2C(=O)[C@@H](CCCN)NC(=O)CNC(=O)[C@H](CCCN)NC(=O)[C@@H](NC(=O)[C@@H](N)CCCCN)[C@@H](O)CN)C(=O)N[C@@H](CCCCN)C(=O)N/C(=C\CCN=C(N)N)C(=O)O)cc1OC. The molecular weight excluding hydrogens is 1050 g/mol. The van der Waals surface area contributed by atoms with E-state index in [0.29, 0.717) is 55.7 Å². The molecule has 25 N–H and O–H groups in total. The minimum atomic E-state index is -1.60. The number of carbonyl (C=O) groups excluding carboxylic acids is 8. The van der Waals surface area contributed by atoms with Gasteiger partial charge in [0, 0.05) is 26.1 Å². The molecule has 30 heteroatoms. The average molecular weight is 1130 g/mol. The molecule has 0 saturated carbocycles. The fourth-order valence-corrected chi connectivity index (χ4v) is 8.41. The fraction of sp³-hybridized carbons (Fsp3) is 0.640. The van der Waals surface area contributed by atoms with Gasteiger partial charge in [-0.05, 0) is 121 Å². The Hall–Kier alpha value is -7.22. The zero-order valence-electron chi connectivity index (χ0n) is 45.9. The van der Waals surface area contributed by atoms with Gasteiger partial charge in [-0.1, -0.05) is 18.6 Å². The van der Waals surface area contributed by atoms with Crippen LogP contribution in [0.15, 0.2) is 35.0 Å². The molecule has 450 valence electrons. The zero-order chi connectivity index (χ0) is 59.7. The monoisotopic (exact) mass is 1130 g/mol. The Morgan fingerprint density at radius 2 is 1.31 bits per heavy atom. The van der Waals surface area contributed by atoms with Gasteiger partial charge in [0.1, 0.15) is 41.9 Å². The largest absolute Gasteiger partial charge is 0.493 e. The average Bonchev–Trinajstić information content (AvgIpc) is 3.98. The number of benzene rings is 1. The summed E-state index contributed by atoms with van der Waals surface area (Å²) in [7, 11) is 2.85. The number of likely N-dealkylation sites (tertiary alicyclic amines) is 1. The number of unbranched alkanes of at least 4 members (excludes halogenated alkanes) is 2. The molecule has 0 spiro atoms. The Labute approximate surface area is 465 Å². The Morgan fingerprint density at radius 1 is 0.713 bits per heavy atom. The molecule has 0 aromatic heterocycles. The molecule has 1 aromatic carbocycles. The third kappa shape index (κ3) is 24.0. The highest BCUT2D eigenvalue weighted by Crippen LogP contribution is 2.28. The van der Waals surface area contributed by atoms with Crippen molar-refractivity contribution in [2.24, 2.45) is 50.9 Å². The molecule has 1 saturated heterocycles. The summed E-state index contributed by atoms with van der Waals surface area (Å²) in [5.41, 5.74) is 45.1. The summed E-state index contributed by atoms with van der Waals surface area (Å²) < 4.78 is 10.8. The minimum Gasteiger partial charge on any atom is -0.493 e. The number of amides is 8. The van der Waals surface area contributed by atoms with Crippen LogP contribution in [-0.2, 0) is 49.6 Å². The number of carbonyl (C=O) groups is 9. The number of aliphatic imine (C=N–C) groups is 1. The summed E-state index contributed by atoms with van der Waals surface area (Å²) in [5, 5.41) is 38.2. The molecule has 1 heterocycles. The predicted molar refractivity (Wildman–Crippen MR) is 295 cm³/mol. The summed E-state index contributed by atoms with van der Waals surface area (Å²) in [6.07, 6.45) is 2.73. The number of nitrogens with one attached hydrogen (secondary N) is 7. The highest BCUT2D eigenvalue weighted by molar-refractivity contribution is 5.99. The minimum absolute atomic E-state index is 0.0138. The molecule has 80 heavy (non-hydrogen) atoms. The molecule has 0 bridgehead atoms. The summed E-state index contributed by atoms with van der Waals surface area (Å²) >= 11 is 0. The second kappa shape index (κ2) is 37.6. The first-order valence-corrected chi connectivity index (χ1v) is 26.7. The molecule has 0 radical (unpaired) electrons. The lowest BCUT2D eigenvalue weighted by atomic mass is 10.0. The highest BCUT2D eigenvalue weighted by atomic mass is 16.5. The van der Waals surface area contributed by atoms with Crippen LogP contribution in [0.3, 0.4) is 0 Å². The van der Waals surface area contributed by atoms with E-state index in [1.807, 2.05) is 0 Å². The predicted octanol–water partition coefficient (Wildman–Crippen LogP) is -6.09. The number of aliphatic carboxylic acids is 1. The van der Waals surface area contributed by atoms with Gasteiger partial charge in [-0.25, -0.2) is 4.79 Å². The molecule has 1 aliphatic rings. The highest BCUT2D eigenvalue weighted by Gasteiger charge is 2.40. The van der Waals surface area contributed by atoms with Crippen LogP contribution in [0.2, 0.25) is 0 Å². The van der Waals surface area contributed by atoms with Crippen molar-refractivity contribution in [1.82, 2.24) is 42.1 Å². The quantitative estimate of drug-likeness (QED) is 0.0126. The lowest BCUT2D eigenvalue weighted by Crippen LogP contribution is -2.61. The molecule has 0 aliphatic carbocycles. The van der Waals surface area contributed by atoms with Crippen LogP contribution in [0, 0.1) is 0 Å². The van der Waals surface area contributed by atoms with Crippen LogP contribution < -0.4 is 92.6 Å². The zero-order valence-corrected chi connectivity index (χ0v) is 45.9. The van der Waals surface area contributed by atoms with E-state index >= 15 is 0 Å². The topological polar surface area (TPSA) is 521 Å². The molecular formula is C50H87N17O13. The standard InChI is InChI=1S/C50H87N17O13/c1-79-38-18-17-29(26-39(38)80-2)25-35(45(73)62-32(12-4-6-20-52)44(72)64-34(49(77)78)15-9-23-59-50(57)58)65-46(74)36-16-10-24-67(36)48(76)33(14-8-22-54)61-40(69)28-60-43(71)31(13-7-21-53)63-47(75)41(37(68)27-55)66-42(70)30(56)11-3-5-19-51/h15,17-18,26,30-33,35-37,41,68H,3-14,16,19-25,27-28,51-56H2,1-2H3,(H,60,71)(H,61,69)(H,62,73)(H,63,75)(H,64,72)(H,65,74)(H,66,70)(H,77,78)(H4,57,58,59)/b34-15-/t30-,31-,32-,33+,35?,36-,37-,41-/m0/s1. The van der Waals surface area contributed by atoms with E-state index in [4.69, 9.17) is 55.3 Å². The van der Waals surface area contributed by atoms with Gasteiger partial charge in [0.2, 0.25) is 47.3 Å². The van der Waals surface area contributed by atoms with E-state index in [9.17, 15) is 53.4 Å². The number of nitrogens with zero attached hydrogens (tertiary/aromatic N) is 2. The van der Waals surface area contributed by atoms with Crippen molar-refractivity contribution < 1.29 is 62.8 Å². The van der Waals surface area contributed by atoms with Crippen molar-refractivity contribution >= 4 is 59.2 Å². The number of carboxylic acid groups (broad SMARTS) is 1. The first kappa shape index (κ1) is 68.9. The maximum Gasteiger partial charge on any atom is 0.352 e. The van der Waals surface area contributed by atoms with Crippen LogP contribution in [0.1, 0.15) is 89.0 Å². The molecule has 30 nitrogen and oxygen atoms in total. The third-order valence-corrected chi connectivity index (χ3v) is 12.8. The first-order chi connectivity index (χ1) is 38.2. The van der Waals surface area contributed by atoms with Gasteiger partial charge in [-0.3, -0.25) is 43.3 Å². The lowest BCUT2D eigenvalue weighted by Gasteiger charge is -2.30. The van der Waals surface area contributed by atoms with E-state index in [2.05, 4.69) is 42.2 Å². The van der Waals surface area contributed by atoms with Crippen molar-refractivity contribution in [1.29, 1.82) is 0 Å². The van der Waals surface area contributed by atoms with E-state index < -0.39 is 120 Å². The molecule has 1 aromatic rings. The molecule has 1 fully saturated rings. The second-order valence-electron chi connectivity index (χ2n) is 18.9. The summed E-state index contributed by atoms with van der Waals surface area (Å²) in [6.45, 7) is -0.132.